The molecule has 0 radical (unpaired) electrons. The van der Waals surface area contributed by atoms with E-state index >= 15 is 0 Å². The Morgan fingerprint density at radius 3 is 2.70 bits per heavy atom. The SMILES string of the molecule is Cc1c(Cl)ccc(NC(=O)N2CCC3(CC2)CC(O)CO3)c1Cl. The molecule has 5 nitrogen and oxygen atoms in total. The average molecular weight is 359 g/mol. The highest BCUT2D eigenvalue weighted by Crippen LogP contribution is 2.36. The number of rotatable bonds is 1. The molecule has 0 aliphatic carbocycles. The first-order chi connectivity index (χ1) is 10.9. The zero-order valence-electron chi connectivity index (χ0n) is 12.9. The van der Waals surface area contributed by atoms with Gasteiger partial charge in [-0.05, 0) is 37.5 Å². The van der Waals surface area contributed by atoms with Crippen LogP contribution in [0.5, 0.6) is 0 Å². The molecule has 2 amide bonds. The number of piperidine rings is 1. The summed E-state index contributed by atoms with van der Waals surface area (Å²) in [6.07, 6.45) is 1.76. The number of likely N-dealkylation sites (tertiary alicyclic amines) is 1. The molecule has 2 N–H and O–H groups in total. The Balaban J connectivity index is 1.61. The molecular formula is C16H20Cl2N2O3. The lowest BCUT2D eigenvalue weighted by Crippen LogP contribution is -2.48. The highest BCUT2D eigenvalue weighted by molar-refractivity contribution is 6.38. The van der Waals surface area contributed by atoms with Crippen molar-refractivity contribution in [3.8, 4) is 0 Å². The van der Waals surface area contributed by atoms with Crippen LogP contribution in [0.15, 0.2) is 12.1 Å². The Kier molecular flexibility index (Phi) is 4.74. The van der Waals surface area contributed by atoms with Crippen molar-refractivity contribution in [2.45, 2.75) is 37.9 Å². The van der Waals surface area contributed by atoms with Crippen molar-refractivity contribution >= 4 is 34.9 Å². The lowest BCUT2D eigenvalue weighted by Gasteiger charge is -2.38. The summed E-state index contributed by atoms with van der Waals surface area (Å²) >= 11 is 12.2. The van der Waals surface area contributed by atoms with Crippen molar-refractivity contribution in [1.82, 2.24) is 4.90 Å². The molecule has 1 atom stereocenters. The normalized spacial score (nSPS) is 23.3. The van der Waals surface area contributed by atoms with Crippen molar-refractivity contribution in [3.63, 3.8) is 0 Å². The number of benzene rings is 1. The molecule has 2 heterocycles. The highest BCUT2D eigenvalue weighted by atomic mass is 35.5. The number of halogens is 2. The highest BCUT2D eigenvalue weighted by Gasteiger charge is 2.42. The monoisotopic (exact) mass is 358 g/mol. The first-order valence-electron chi connectivity index (χ1n) is 7.73. The van der Waals surface area contributed by atoms with Gasteiger partial charge in [-0.25, -0.2) is 4.79 Å². The van der Waals surface area contributed by atoms with Crippen LogP contribution in [0.3, 0.4) is 0 Å². The van der Waals surface area contributed by atoms with Crippen molar-refractivity contribution in [2.75, 3.05) is 25.0 Å². The minimum atomic E-state index is -0.383. The van der Waals surface area contributed by atoms with Crippen LogP contribution in [0.25, 0.3) is 0 Å². The molecule has 1 aromatic carbocycles. The smallest absolute Gasteiger partial charge is 0.321 e. The Bertz CT molecular complexity index is 616. The van der Waals surface area contributed by atoms with Gasteiger partial charge in [0.2, 0.25) is 0 Å². The zero-order valence-corrected chi connectivity index (χ0v) is 14.5. The average Bonchev–Trinajstić information content (AvgIpc) is 2.89. The van der Waals surface area contributed by atoms with Gasteiger partial charge in [-0.15, -0.1) is 0 Å². The van der Waals surface area contributed by atoms with Crippen LogP contribution >= 0.6 is 23.2 Å². The van der Waals surface area contributed by atoms with Crippen molar-refractivity contribution in [1.29, 1.82) is 0 Å². The Morgan fingerprint density at radius 2 is 2.09 bits per heavy atom. The largest absolute Gasteiger partial charge is 0.391 e. The predicted octanol–water partition coefficient (Wildman–Crippen LogP) is 3.45. The standard InChI is InChI=1S/C16H20Cl2N2O3/c1-10-12(17)2-3-13(14(10)18)19-15(22)20-6-4-16(5-7-20)8-11(21)9-23-16/h2-3,11,21H,4-9H2,1H3,(H,19,22). The summed E-state index contributed by atoms with van der Waals surface area (Å²) < 4.78 is 5.74. The summed E-state index contributed by atoms with van der Waals surface area (Å²) in [5.41, 5.74) is 1.05. The van der Waals surface area contributed by atoms with Gasteiger partial charge in [0.15, 0.2) is 0 Å². The minimum absolute atomic E-state index is 0.179. The molecule has 2 fully saturated rings. The summed E-state index contributed by atoms with van der Waals surface area (Å²) in [5, 5.41) is 13.5. The van der Waals surface area contributed by atoms with Crippen LogP contribution in [0.2, 0.25) is 10.0 Å². The fourth-order valence-electron chi connectivity index (χ4n) is 3.24. The van der Waals surface area contributed by atoms with Crippen molar-refractivity contribution in [2.24, 2.45) is 0 Å². The van der Waals surface area contributed by atoms with Crippen LogP contribution < -0.4 is 5.32 Å². The molecule has 1 spiro atoms. The third-order valence-electron chi connectivity index (χ3n) is 4.71. The van der Waals surface area contributed by atoms with Crippen molar-refractivity contribution in [3.05, 3.63) is 27.7 Å². The van der Waals surface area contributed by atoms with Gasteiger partial charge < -0.3 is 20.1 Å². The molecule has 0 saturated carbocycles. The number of carbonyl (C=O) groups is 1. The fourth-order valence-corrected chi connectivity index (χ4v) is 3.66. The molecule has 1 unspecified atom stereocenters. The number of nitrogens with zero attached hydrogens (tertiary/aromatic N) is 1. The van der Waals surface area contributed by atoms with Crippen molar-refractivity contribution < 1.29 is 14.6 Å². The maximum atomic E-state index is 12.4. The molecule has 3 rings (SSSR count). The predicted molar refractivity (Wildman–Crippen MR) is 90.3 cm³/mol. The summed E-state index contributed by atoms with van der Waals surface area (Å²) in [6, 6.07) is 3.25. The van der Waals surface area contributed by atoms with Crippen LogP contribution in [0.1, 0.15) is 24.8 Å². The fraction of sp³-hybridized carbons (Fsp3) is 0.562. The summed E-state index contributed by atoms with van der Waals surface area (Å²) in [4.78, 5) is 14.2. The van der Waals surface area contributed by atoms with Gasteiger partial charge in [0.25, 0.3) is 0 Å². The van der Waals surface area contributed by atoms with E-state index in [1.165, 1.54) is 0 Å². The zero-order chi connectivity index (χ0) is 16.6. The molecule has 0 bridgehead atoms. The maximum Gasteiger partial charge on any atom is 0.321 e. The molecule has 23 heavy (non-hydrogen) atoms. The van der Waals surface area contributed by atoms with Gasteiger partial charge in [0.05, 0.1) is 29.0 Å². The number of urea groups is 1. The van der Waals surface area contributed by atoms with Gasteiger partial charge >= 0.3 is 6.03 Å². The number of aliphatic hydroxyl groups excluding tert-OH is 1. The number of hydrogen-bond acceptors (Lipinski definition) is 3. The van der Waals surface area contributed by atoms with Gasteiger partial charge in [0, 0.05) is 24.5 Å². The molecular weight excluding hydrogens is 339 g/mol. The number of nitrogens with one attached hydrogen (secondary N) is 1. The topological polar surface area (TPSA) is 61.8 Å². The van der Waals surface area contributed by atoms with E-state index in [1.54, 1.807) is 17.0 Å². The Hall–Kier alpha value is -1.01. The Labute approximate surface area is 145 Å². The third kappa shape index (κ3) is 3.43. The van der Waals surface area contributed by atoms with E-state index in [9.17, 15) is 9.90 Å². The number of hydrogen-bond donors (Lipinski definition) is 2. The quantitative estimate of drug-likeness (QED) is 0.807. The number of carbonyl (C=O) groups excluding carboxylic acids is 1. The van der Waals surface area contributed by atoms with Crippen LogP contribution in [0, 0.1) is 6.92 Å². The van der Waals surface area contributed by atoms with Gasteiger partial charge in [-0.1, -0.05) is 23.2 Å². The van der Waals surface area contributed by atoms with E-state index in [2.05, 4.69) is 5.32 Å². The second-order valence-electron chi connectivity index (χ2n) is 6.30. The second kappa shape index (κ2) is 6.48. The van der Waals surface area contributed by atoms with Gasteiger partial charge in [-0.2, -0.15) is 0 Å². The van der Waals surface area contributed by atoms with Crippen LogP contribution in [0.4, 0.5) is 10.5 Å². The molecule has 7 heteroatoms. The van der Waals surface area contributed by atoms with Gasteiger partial charge in [0.1, 0.15) is 0 Å². The molecule has 0 aromatic heterocycles. The summed E-state index contributed by atoms with van der Waals surface area (Å²) in [6.45, 7) is 3.41. The molecule has 2 aliphatic rings. The second-order valence-corrected chi connectivity index (χ2v) is 7.09. The van der Waals surface area contributed by atoms with Gasteiger partial charge in [-0.3, -0.25) is 0 Å². The van der Waals surface area contributed by atoms with E-state index in [-0.39, 0.29) is 17.7 Å². The lowest BCUT2D eigenvalue weighted by atomic mass is 9.88. The van der Waals surface area contributed by atoms with Crippen LogP contribution in [-0.4, -0.2) is 47.4 Å². The molecule has 1 aromatic rings. The third-order valence-corrected chi connectivity index (χ3v) is 5.61. The summed E-state index contributed by atoms with van der Waals surface area (Å²) in [5.74, 6) is 0. The number of anilines is 1. The van der Waals surface area contributed by atoms with Crippen LogP contribution in [-0.2, 0) is 4.74 Å². The summed E-state index contributed by atoms with van der Waals surface area (Å²) in [7, 11) is 0. The number of aliphatic hydroxyl groups is 1. The molecule has 2 aliphatic heterocycles. The van der Waals surface area contributed by atoms with E-state index in [0.717, 1.165) is 18.4 Å². The lowest BCUT2D eigenvalue weighted by molar-refractivity contribution is -0.0365. The molecule has 2 saturated heterocycles. The van der Waals surface area contributed by atoms with E-state index in [0.29, 0.717) is 41.8 Å². The van der Waals surface area contributed by atoms with E-state index in [1.807, 2.05) is 6.92 Å². The first kappa shape index (κ1) is 16.8. The van der Waals surface area contributed by atoms with E-state index in [4.69, 9.17) is 27.9 Å². The molecule has 126 valence electrons. The Morgan fingerprint density at radius 1 is 1.39 bits per heavy atom. The number of amides is 2. The number of ether oxygens (including phenoxy) is 1. The van der Waals surface area contributed by atoms with E-state index < -0.39 is 0 Å². The minimum Gasteiger partial charge on any atom is -0.391 e. The maximum absolute atomic E-state index is 12.4. The first-order valence-corrected chi connectivity index (χ1v) is 8.48.